The van der Waals surface area contributed by atoms with Gasteiger partial charge in [0.15, 0.2) is 0 Å². The van der Waals surface area contributed by atoms with Crippen molar-refractivity contribution in [2.45, 2.75) is 51.9 Å². The number of hydrogen-bond acceptors (Lipinski definition) is 0. The van der Waals surface area contributed by atoms with E-state index >= 15 is 0 Å². The molecule has 2 aliphatic rings. The van der Waals surface area contributed by atoms with Crippen LogP contribution in [0.5, 0.6) is 0 Å². The van der Waals surface area contributed by atoms with Crippen LogP contribution in [0.25, 0.3) is 0 Å². The zero-order chi connectivity index (χ0) is 8.66. The summed E-state index contributed by atoms with van der Waals surface area (Å²) in [6, 6.07) is 0. The molecule has 2 rings (SSSR count). The van der Waals surface area contributed by atoms with Crippen LogP contribution in [-0.2, 0) is 0 Å². The average molecular weight is 231 g/mol. The third-order valence-electron chi connectivity index (χ3n) is 3.98. The minimum atomic E-state index is 0.717. The van der Waals surface area contributed by atoms with Crippen LogP contribution in [0.15, 0.2) is 0 Å². The van der Waals surface area contributed by atoms with Crippen molar-refractivity contribution >= 4 is 15.9 Å². The third-order valence-corrected chi connectivity index (χ3v) is 5.17. The Morgan fingerprint density at radius 3 is 2.25 bits per heavy atom. The number of rotatable bonds is 3. The maximum atomic E-state index is 3.69. The second-order valence-electron chi connectivity index (χ2n) is 5.09. The summed E-state index contributed by atoms with van der Waals surface area (Å²) in [6.07, 6.45) is 10.4. The first-order valence-electron chi connectivity index (χ1n) is 5.30. The molecule has 1 spiro atoms. The van der Waals surface area contributed by atoms with Crippen LogP contribution in [0, 0.1) is 10.8 Å². The molecule has 2 fully saturated rings. The molecule has 2 aliphatic carbocycles. The quantitative estimate of drug-likeness (QED) is 0.640. The van der Waals surface area contributed by atoms with Gasteiger partial charge in [-0.15, -0.1) is 0 Å². The van der Waals surface area contributed by atoms with E-state index in [1.807, 2.05) is 0 Å². The third kappa shape index (κ3) is 1.25. The average Bonchev–Trinajstić information content (AvgIpc) is 1.92. The SMILES string of the molecule is CCCC1(CBr)CC2(CCC2)C1. The lowest BCUT2D eigenvalue weighted by atomic mass is 9.45. The van der Waals surface area contributed by atoms with E-state index in [1.165, 1.54) is 50.3 Å². The van der Waals surface area contributed by atoms with Gasteiger partial charge in [0.25, 0.3) is 0 Å². The van der Waals surface area contributed by atoms with Crippen molar-refractivity contribution in [2.75, 3.05) is 5.33 Å². The van der Waals surface area contributed by atoms with Crippen molar-refractivity contribution < 1.29 is 0 Å². The van der Waals surface area contributed by atoms with Gasteiger partial charge in [-0.2, -0.15) is 0 Å². The Kier molecular flexibility index (Phi) is 2.27. The number of hydrogen-bond donors (Lipinski definition) is 0. The van der Waals surface area contributed by atoms with Gasteiger partial charge in [-0.3, -0.25) is 0 Å². The summed E-state index contributed by atoms with van der Waals surface area (Å²) in [5.41, 5.74) is 1.57. The van der Waals surface area contributed by atoms with Gasteiger partial charge in [-0.1, -0.05) is 35.7 Å². The minimum Gasteiger partial charge on any atom is -0.0922 e. The van der Waals surface area contributed by atoms with E-state index in [9.17, 15) is 0 Å². The maximum absolute atomic E-state index is 3.69. The summed E-state index contributed by atoms with van der Waals surface area (Å²) in [6.45, 7) is 2.32. The van der Waals surface area contributed by atoms with Crippen molar-refractivity contribution in [1.29, 1.82) is 0 Å². The van der Waals surface area contributed by atoms with Crippen LogP contribution in [-0.4, -0.2) is 5.33 Å². The zero-order valence-electron chi connectivity index (χ0n) is 8.03. The van der Waals surface area contributed by atoms with Crippen LogP contribution in [0.3, 0.4) is 0 Å². The molecule has 0 aromatic rings. The molecule has 0 aromatic heterocycles. The van der Waals surface area contributed by atoms with Crippen molar-refractivity contribution in [2.24, 2.45) is 10.8 Å². The fourth-order valence-electron chi connectivity index (χ4n) is 3.44. The van der Waals surface area contributed by atoms with Gasteiger partial charge in [0, 0.05) is 5.33 Å². The molecule has 0 nitrogen and oxygen atoms in total. The summed E-state index contributed by atoms with van der Waals surface area (Å²) in [7, 11) is 0. The highest BCUT2D eigenvalue weighted by Gasteiger charge is 2.55. The predicted molar refractivity (Wildman–Crippen MR) is 56.7 cm³/mol. The smallest absolute Gasteiger partial charge is 0.00883 e. The Bertz CT molecular complexity index is 162. The van der Waals surface area contributed by atoms with Gasteiger partial charge < -0.3 is 0 Å². The molecule has 2 saturated carbocycles. The largest absolute Gasteiger partial charge is 0.0922 e. The molecule has 0 unspecified atom stereocenters. The van der Waals surface area contributed by atoms with Crippen molar-refractivity contribution in [1.82, 2.24) is 0 Å². The Balaban J connectivity index is 1.89. The fourth-order valence-corrected chi connectivity index (χ4v) is 4.11. The van der Waals surface area contributed by atoms with Crippen LogP contribution in [0.4, 0.5) is 0 Å². The minimum absolute atomic E-state index is 0.717. The molecule has 0 saturated heterocycles. The van der Waals surface area contributed by atoms with E-state index in [-0.39, 0.29) is 0 Å². The molecule has 0 aliphatic heterocycles. The molecule has 0 atom stereocenters. The Morgan fingerprint density at radius 1 is 1.25 bits per heavy atom. The normalized spacial score (nSPS) is 29.5. The van der Waals surface area contributed by atoms with Crippen LogP contribution in [0.1, 0.15) is 51.9 Å². The lowest BCUT2D eigenvalue weighted by Gasteiger charge is -2.61. The first-order valence-corrected chi connectivity index (χ1v) is 6.42. The second-order valence-corrected chi connectivity index (χ2v) is 5.65. The van der Waals surface area contributed by atoms with E-state index in [2.05, 4.69) is 22.9 Å². The maximum Gasteiger partial charge on any atom is 0.00883 e. The monoisotopic (exact) mass is 230 g/mol. The van der Waals surface area contributed by atoms with E-state index in [4.69, 9.17) is 0 Å². The zero-order valence-corrected chi connectivity index (χ0v) is 9.62. The van der Waals surface area contributed by atoms with Gasteiger partial charge in [0.1, 0.15) is 0 Å². The molecule has 70 valence electrons. The topological polar surface area (TPSA) is 0 Å². The van der Waals surface area contributed by atoms with Gasteiger partial charge in [-0.25, -0.2) is 0 Å². The van der Waals surface area contributed by atoms with Gasteiger partial charge in [0.2, 0.25) is 0 Å². The summed E-state index contributed by atoms with van der Waals surface area (Å²) in [5.74, 6) is 0. The highest BCUT2D eigenvalue weighted by atomic mass is 79.9. The van der Waals surface area contributed by atoms with Gasteiger partial charge in [-0.05, 0) is 42.9 Å². The fraction of sp³-hybridized carbons (Fsp3) is 1.00. The molecular formula is C11H19Br. The molecule has 0 bridgehead atoms. The number of alkyl halides is 1. The van der Waals surface area contributed by atoms with E-state index < -0.39 is 0 Å². The van der Waals surface area contributed by atoms with Crippen LogP contribution in [0.2, 0.25) is 0 Å². The standard InChI is InChI=1S/C11H19Br/c1-2-4-11(9-12)7-10(8-11)5-3-6-10/h2-9H2,1H3. The Morgan fingerprint density at radius 2 is 1.92 bits per heavy atom. The van der Waals surface area contributed by atoms with E-state index in [0.29, 0.717) is 0 Å². The molecule has 12 heavy (non-hydrogen) atoms. The molecule has 1 heteroatoms. The summed E-state index contributed by atoms with van der Waals surface area (Å²) >= 11 is 3.69. The molecule has 0 heterocycles. The molecule has 0 radical (unpaired) electrons. The van der Waals surface area contributed by atoms with Crippen LogP contribution >= 0.6 is 15.9 Å². The second kappa shape index (κ2) is 3.01. The summed E-state index contributed by atoms with van der Waals surface area (Å²) < 4.78 is 0. The van der Waals surface area contributed by atoms with Crippen molar-refractivity contribution in [3.05, 3.63) is 0 Å². The molecule has 0 N–H and O–H groups in total. The highest BCUT2D eigenvalue weighted by Crippen LogP contribution is 2.66. The lowest BCUT2D eigenvalue weighted by molar-refractivity contribution is -0.0867. The molecular weight excluding hydrogens is 212 g/mol. The number of halogens is 1. The predicted octanol–water partition coefficient (Wildman–Crippen LogP) is 4.13. The van der Waals surface area contributed by atoms with Gasteiger partial charge in [0.05, 0.1) is 0 Å². The van der Waals surface area contributed by atoms with E-state index in [0.717, 1.165) is 10.8 Å². The summed E-state index contributed by atoms with van der Waals surface area (Å²) in [5, 5.41) is 1.25. The van der Waals surface area contributed by atoms with E-state index in [1.54, 1.807) is 0 Å². The molecule has 0 amide bonds. The lowest BCUT2D eigenvalue weighted by Crippen LogP contribution is -2.51. The van der Waals surface area contributed by atoms with Crippen molar-refractivity contribution in [3.8, 4) is 0 Å². The van der Waals surface area contributed by atoms with Crippen molar-refractivity contribution in [3.63, 3.8) is 0 Å². The Labute approximate surface area is 84.2 Å². The van der Waals surface area contributed by atoms with Crippen LogP contribution < -0.4 is 0 Å². The van der Waals surface area contributed by atoms with Gasteiger partial charge >= 0.3 is 0 Å². The molecule has 0 aromatic carbocycles. The first-order chi connectivity index (χ1) is 5.74. The summed E-state index contributed by atoms with van der Waals surface area (Å²) in [4.78, 5) is 0. The first kappa shape index (κ1) is 9.05. The highest BCUT2D eigenvalue weighted by molar-refractivity contribution is 9.09. The Hall–Kier alpha value is 0.480.